The van der Waals surface area contributed by atoms with E-state index >= 15 is 0 Å². The summed E-state index contributed by atoms with van der Waals surface area (Å²) in [5.41, 5.74) is 9.56. The molecule has 0 aliphatic carbocycles. The third-order valence-electron chi connectivity index (χ3n) is 3.68. The van der Waals surface area contributed by atoms with E-state index in [9.17, 15) is 17.6 Å². The lowest BCUT2D eigenvalue weighted by Gasteiger charge is -2.28. The number of aromatic nitrogens is 1. The van der Waals surface area contributed by atoms with Crippen molar-refractivity contribution in [3.05, 3.63) is 59.2 Å². The standard InChI is InChI=1S/C14H11F4N3O/c15-10-2-1-7(5-9(10)14(16,17)18)13(20)8-3-4-21-6-11(8)22-12(13)19/h1-6,12H,19-20H2. The van der Waals surface area contributed by atoms with Gasteiger partial charge in [0.25, 0.3) is 0 Å². The van der Waals surface area contributed by atoms with Gasteiger partial charge >= 0.3 is 6.18 Å². The van der Waals surface area contributed by atoms with Crippen molar-refractivity contribution in [3.8, 4) is 5.75 Å². The fourth-order valence-electron chi connectivity index (χ4n) is 2.52. The van der Waals surface area contributed by atoms with Crippen molar-refractivity contribution in [1.82, 2.24) is 4.98 Å². The molecule has 0 fully saturated rings. The van der Waals surface area contributed by atoms with E-state index in [0.29, 0.717) is 11.6 Å². The van der Waals surface area contributed by atoms with Crippen LogP contribution in [0.2, 0.25) is 0 Å². The van der Waals surface area contributed by atoms with Crippen LogP contribution in [0.25, 0.3) is 0 Å². The minimum atomic E-state index is -4.83. The lowest BCUT2D eigenvalue weighted by atomic mass is 9.83. The molecular formula is C14H11F4N3O. The molecule has 0 spiro atoms. The fraction of sp³-hybridized carbons (Fsp3) is 0.214. The van der Waals surface area contributed by atoms with Gasteiger partial charge in [-0.05, 0) is 23.8 Å². The van der Waals surface area contributed by atoms with Gasteiger partial charge in [0, 0.05) is 11.8 Å². The van der Waals surface area contributed by atoms with E-state index in [4.69, 9.17) is 16.2 Å². The molecule has 3 rings (SSSR count). The molecule has 22 heavy (non-hydrogen) atoms. The van der Waals surface area contributed by atoms with Crippen LogP contribution in [-0.2, 0) is 11.7 Å². The highest BCUT2D eigenvalue weighted by Gasteiger charge is 2.47. The van der Waals surface area contributed by atoms with E-state index in [1.807, 2.05) is 0 Å². The Morgan fingerprint density at radius 3 is 2.64 bits per heavy atom. The van der Waals surface area contributed by atoms with Crippen LogP contribution in [-0.4, -0.2) is 11.2 Å². The van der Waals surface area contributed by atoms with Crippen LogP contribution in [0.4, 0.5) is 17.6 Å². The summed E-state index contributed by atoms with van der Waals surface area (Å²) in [6.07, 6.45) is -3.15. The van der Waals surface area contributed by atoms with Gasteiger partial charge in [-0.25, -0.2) is 4.39 Å². The van der Waals surface area contributed by atoms with Gasteiger partial charge < -0.3 is 10.5 Å². The summed E-state index contributed by atoms with van der Waals surface area (Å²) < 4.78 is 57.4. The van der Waals surface area contributed by atoms with E-state index in [0.717, 1.165) is 6.07 Å². The number of alkyl halides is 3. The molecule has 1 aliphatic rings. The molecule has 0 saturated heterocycles. The Morgan fingerprint density at radius 2 is 1.95 bits per heavy atom. The second kappa shape index (κ2) is 4.65. The number of halogens is 4. The fourth-order valence-corrected chi connectivity index (χ4v) is 2.52. The average Bonchev–Trinajstić information content (AvgIpc) is 2.71. The Balaban J connectivity index is 2.19. The third-order valence-corrected chi connectivity index (χ3v) is 3.68. The van der Waals surface area contributed by atoms with Crippen LogP contribution in [0.3, 0.4) is 0 Å². The second-order valence-electron chi connectivity index (χ2n) is 4.97. The quantitative estimate of drug-likeness (QED) is 0.791. The van der Waals surface area contributed by atoms with Crippen LogP contribution >= 0.6 is 0 Å². The normalized spacial score (nSPS) is 24.0. The van der Waals surface area contributed by atoms with Crippen LogP contribution in [0.1, 0.15) is 16.7 Å². The van der Waals surface area contributed by atoms with Crippen LogP contribution in [0.15, 0.2) is 36.7 Å². The zero-order valence-electron chi connectivity index (χ0n) is 11.1. The van der Waals surface area contributed by atoms with Gasteiger partial charge in [0.2, 0.25) is 0 Å². The number of ether oxygens (including phenoxy) is 1. The first-order valence-electron chi connectivity index (χ1n) is 6.27. The summed E-state index contributed by atoms with van der Waals surface area (Å²) in [6, 6.07) is 4.06. The average molecular weight is 313 g/mol. The van der Waals surface area contributed by atoms with Crippen molar-refractivity contribution in [2.45, 2.75) is 17.9 Å². The van der Waals surface area contributed by atoms with Crippen molar-refractivity contribution in [1.29, 1.82) is 0 Å². The molecule has 0 amide bonds. The maximum absolute atomic E-state index is 13.4. The SMILES string of the molecule is NC1Oc2cnccc2C1(N)c1ccc(F)c(C(F)(F)F)c1. The number of nitrogens with two attached hydrogens (primary N) is 2. The third kappa shape index (κ3) is 2.03. The van der Waals surface area contributed by atoms with Crippen LogP contribution in [0, 0.1) is 5.82 Å². The molecule has 1 aromatic carbocycles. The number of hydrogen-bond acceptors (Lipinski definition) is 4. The molecule has 4 N–H and O–H groups in total. The lowest BCUT2D eigenvalue weighted by Crippen LogP contribution is -2.52. The summed E-state index contributed by atoms with van der Waals surface area (Å²) in [7, 11) is 0. The molecule has 8 heteroatoms. The summed E-state index contributed by atoms with van der Waals surface area (Å²) in [5.74, 6) is -1.09. The Morgan fingerprint density at radius 1 is 1.23 bits per heavy atom. The van der Waals surface area contributed by atoms with E-state index < -0.39 is 29.3 Å². The largest absolute Gasteiger partial charge is 0.471 e. The monoisotopic (exact) mass is 313 g/mol. The first-order valence-corrected chi connectivity index (χ1v) is 6.27. The zero-order chi connectivity index (χ0) is 16.1. The Kier molecular flexibility index (Phi) is 3.12. The number of hydrogen-bond donors (Lipinski definition) is 2. The summed E-state index contributed by atoms with van der Waals surface area (Å²) in [5, 5.41) is 0. The van der Waals surface area contributed by atoms with E-state index in [-0.39, 0.29) is 11.3 Å². The molecule has 1 aromatic heterocycles. The van der Waals surface area contributed by atoms with Gasteiger partial charge in [0.05, 0.1) is 11.8 Å². The topological polar surface area (TPSA) is 74.2 Å². The predicted octanol–water partition coefficient (Wildman–Crippen LogP) is 2.12. The molecule has 2 aromatic rings. The van der Waals surface area contributed by atoms with Crippen molar-refractivity contribution in [2.75, 3.05) is 0 Å². The minimum Gasteiger partial charge on any atom is -0.471 e. The molecular weight excluding hydrogens is 302 g/mol. The van der Waals surface area contributed by atoms with E-state index in [2.05, 4.69) is 4.98 Å². The van der Waals surface area contributed by atoms with Crippen molar-refractivity contribution >= 4 is 0 Å². The van der Waals surface area contributed by atoms with Gasteiger partial charge in [0.1, 0.15) is 17.1 Å². The highest BCUT2D eigenvalue weighted by Crippen LogP contribution is 2.43. The smallest absolute Gasteiger partial charge is 0.419 e. The molecule has 2 heterocycles. The number of pyridine rings is 1. The highest BCUT2D eigenvalue weighted by molar-refractivity contribution is 5.50. The molecule has 2 atom stereocenters. The number of nitrogens with zero attached hydrogens (tertiary/aromatic N) is 1. The number of fused-ring (bicyclic) bond motifs is 1. The zero-order valence-corrected chi connectivity index (χ0v) is 11.1. The summed E-state index contributed by atoms with van der Waals surface area (Å²) in [6.45, 7) is 0. The highest BCUT2D eigenvalue weighted by atomic mass is 19.4. The number of rotatable bonds is 1. The van der Waals surface area contributed by atoms with Crippen LogP contribution < -0.4 is 16.2 Å². The van der Waals surface area contributed by atoms with Gasteiger partial charge in [-0.3, -0.25) is 10.7 Å². The number of benzene rings is 1. The summed E-state index contributed by atoms with van der Waals surface area (Å²) in [4.78, 5) is 3.84. The first-order chi connectivity index (χ1) is 10.2. The molecule has 116 valence electrons. The maximum atomic E-state index is 13.4. The predicted molar refractivity (Wildman–Crippen MR) is 69.2 cm³/mol. The van der Waals surface area contributed by atoms with Crippen molar-refractivity contribution in [2.24, 2.45) is 11.5 Å². The molecule has 0 saturated carbocycles. The Hall–Kier alpha value is -2.19. The Bertz CT molecular complexity index is 734. The van der Waals surface area contributed by atoms with Gasteiger partial charge in [-0.15, -0.1) is 0 Å². The van der Waals surface area contributed by atoms with Crippen molar-refractivity contribution in [3.63, 3.8) is 0 Å². The van der Waals surface area contributed by atoms with Gasteiger partial charge in [0.15, 0.2) is 6.23 Å². The first kappa shape index (κ1) is 14.7. The minimum absolute atomic E-state index is 0.0127. The molecule has 0 bridgehead atoms. The molecule has 0 radical (unpaired) electrons. The molecule has 1 aliphatic heterocycles. The van der Waals surface area contributed by atoms with Crippen molar-refractivity contribution < 1.29 is 22.3 Å². The van der Waals surface area contributed by atoms with Gasteiger partial charge in [-0.2, -0.15) is 13.2 Å². The Labute approximate surface area is 122 Å². The maximum Gasteiger partial charge on any atom is 0.419 e. The summed E-state index contributed by atoms with van der Waals surface area (Å²) >= 11 is 0. The van der Waals surface area contributed by atoms with Gasteiger partial charge in [-0.1, -0.05) is 6.07 Å². The van der Waals surface area contributed by atoms with E-state index in [1.165, 1.54) is 24.5 Å². The lowest BCUT2D eigenvalue weighted by molar-refractivity contribution is -0.140. The van der Waals surface area contributed by atoms with E-state index in [1.54, 1.807) is 0 Å². The molecule has 2 unspecified atom stereocenters. The molecule has 4 nitrogen and oxygen atoms in total. The van der Waals surface area contributed by atoms with Crippen LogP contribution in [0.5, 0.6) is 5.75 Å². The second-order valence-corrected chi connectivity index (χ2v) is 4.97.